The SMILES string of the molecule is COc1ccccc1C(=O)N1c2ccccc2CC1C(=O)O. The molecule has 1 N–H and O–H groups in total. The van der Waals surface area contributed by atoms with Gasteiger partial charge in [-0.15, -0.1) is 0 Å². The standard InChI is InChI=1S/C17H15NO4/c1-22-15-9-5-3-7-12(15)16(19)18-13-8-4-2-6-11(13)10-14(18)17(20)21/h2-9,14H,10H2,1H3,(H,20,21). The molecule has 1 aliphatic rings. The summed E-state index contributed by atoms with van der Waals surface area (Å²) in [5.74, 6) is -0.949. The number of ether oxygens (including phenoxy) is 1. The van der Waals surface area contributed by atoms with Crippen LogP contribution in [0.1, 0.15) is 15.9 Å². The van der Waals surface area contributed by atoms with E-state index in [2.05, 4.69) is 0 Å². The molecule has 0 bridgehead atoms. The first-order chi connectivity index (χ1) is 10.6. The van der Waals surface area contributed by atoms with Gasteiger partial charge in [0.1, 0.15) is 11.8 Å². The lowest BCUT2D eigenvalue weighted by molar-refractivity contribution is -0.138. The first-order valence-corrected chi connectivity index (χ1v) is 6.90. The van der Waals surface area contributed by atoms with Crippen LogP contribution in [0.5, 0.6) is 5.75 Å². The molecular formula is C17H15NO4. The molecular weight excluding hydrogens is 282 g/mol. The van der Waals surface area contributed by atoms with Crippen molar-refractivity contribution in [3.05, 3.63) is 59.7 Å². The molecule has 22 heavy (non-hydrogen) atoms. The van der Waals surface area contributed by atoms with Crippen LogP contribution in [0.15, 0.2) is 48.5 Å². The Kier molecular flexibility index (Phi) is 3.55. The molecule has 0 radical (unpaired) electrons. The molecule has 5 nitrogen and oxygen atoms in total. The molecule has 2 aromatic carbocycles. The number of amides is 1. The van der Waals surface area contributed by atoms with Gasteiger partial charge in [0, 0.05) is 12.1 Å². The van der Waals surface area contributed by atoms with Crippen LogP contribution < -0.4 is 9.64 Å². The lowest BCUT2D eigenvalue weighted by Gasteiger charge is -2.23. The Morgan fingerprint density at radius 1 is 1.14 bits per heavy atom. The lowest BCUT2D eigenvalue weighted by Crippen LogP contribution is -2.43. The molecule has 0 aliphatic carbocycles. The third-order valence-electron chi connectivity index (χ3n) is 3.82. The minimum absolute atomic E-state index is 0.312. The van der Waals surface area contributed by atoms with E-state index in [1.165, 1.54) is 12.0 Å². The third-order valence-corrected chi connectivity index (χ3v) is 3.82. The van der Waals surface area contributed by atoms with E-state index in [1.807, 2.05) is 12.1 Å². The number of benzene rings is 2. The number of nitrogens with zero attached hydrogens (tertiary/aromatic N) is 1. The molecule has 1 atom stereocenters. The quantitative estimate of drug-likeness (QED) is 0.944. The van der Waals surface area contributed by atoms with E-state index in [4.69, 9.17) is 4.74 Å². The van der Waals surface area contributed by atoms with E-state index in [9.17, 15) is 14.7 Å². The highest BCUT2D eigenvalue weighted by Crippen LogP contribution is 2.34. The molecule has 1 unspecified atom stereocenters. The highest BCUT2D eigenvalue weighted by atomic mass is 16.5. The second-order valence-corrected chi connectivity index (χ2v) is 5.06. The van der Waals surface area contributed by atoms with Gasteiger partial charge < -0.3 is 9.84 Å². The van der Waals surface area contributed by atoms with E-state index < -0.39 is 12.0 Å². The van der Waals surface area contributed by atoms with Crippen molar-refractivity contribution in [1.82, 2.24) is 0 Å². The van der Waals surface area contributed by atoms with Gasteiger partial charge in [-0.3, -0.25) is 9.69 Å². The summed E-state index contributed by atoms with van der Waals surface area (Å²) in [4.78, 5) is 25.8. The maximum absolute atomic E-state index is 12.9. The Balaban J connectivity index is 2.08. The van der Waals surface area contributed by atoms with Crippen molar-refractivity contribution < 1.29 is 19.4 Å². The van der Waals surface area contributed by atoms with E-state index >= 15 is 0 Å². The number of fused-ring (bicyclic) bond motifs is 1. The van der Waals surface area contributed by atoms with Crippen molar-refractivity contribution in [1.29, 1.82) is 0 Å². The number of rotatable bonds is 3. The molecule has 0 saturated carbocycles. The van der Waals surface area contributed by atoms with E-state index in [0.717, 1.165) is 5.56 Å². The molecule has 2 aromatic rings. The summed E-state index contributed by atoms with van der Waals surface area (Å²) >= 11 is 0. The van der Waals surface area contributed by atoms with E-state index in [0.29, 0.717) is 23.4 Å². The maximum Gasteiger partial charge on any atom is 0.327 e. The minimum atomic E-state index is -1.01. The summed E-state index contributed by atoms with van der Waals surface area (Å²) in [6, 6.07) is 13.2. The zero-order chi connectivity index (χ0) is 15.7. The fraction of sp³-hybridized carbons (Fsp3) is 0.176. The highest BCUT2D eigenvalue weighted by molar-refractivity contribution is 6.12. The van der Waals surface area contributed by atoms with Gasteiger partial charge >= 0.3 is 5.97 Å². The fourth-order valence-corrected chi connectivity index (χ4v) is 2.79. The molecule has 0 spiro atoms. The minimum Gasteiger partial charge on any atom is -0.496 e. The van der Waals surface area contributed by atoms with Crippen molar-refractivity contribution >= 4 is 17.6 Å². The first-order valence-electron chi connectivity index (χ1n) is 6.90. The van der Waals surface area contributed by atoms with Gasteiger partial charge in [-0.1, -0.05) is 30.3 Å². The molecule has 0 aromatic heterocycles. The monoisotopic (exact) mass is 297 g/mol. The molecule has 112 valence electrons. The maximum atomic E-state index is 12.9. The number of methoxy groups -OCH3 is 1. The van der Waals surface area contributed by atoms with Gasteiger partial charge in [0.15, 0.2) is 0 Å². The number of aliphatic carboxylic acids is 1. The van der Waals surface area contributed by atoms with Gasteiger partial charge in [-0.25, -0.2) is 4.79 Å². The van der Waals surface area contributed by atoms with Crippen LogP contribution in [0.3, 0.4) is 0 Å². The van der Waals surface area contributed by atoms with Crippen molar-refractivity contribution in [2.45, 2.75) is 12.5 Å². The van der Waals surface area contributed by atoms with E-state index in [1.54, 1.807) is 36.4 Å². The predicted octanol–water partition coefficient (Wildman–Crippen LogP) is 2.35. The summed E-state index contributed by atoms with van der Waals surface area (Å²) in [7, 11) is 1.48. The fourth-order valence-electron chi connectivity index (χ4n) is 2.79. The lowest BCUT2D eigenvalue weighted by atomic mass is 10.1. The smallest absolute Gasteiger partial charge is 0.327 e. The van der Waals surface area contributed by atoms with E-state index in [-0.39, 0.29) is 5.91 Å². The zero-order valence-electron chi connectivity index (χ0n) is 12.0. The summed E-state index contributed by atoms with van der Waals surface area (Å²) in [6.45, 7) is 0. The number of hydrogen-bond donors (Lipinski definition) is 1. The normalized spacial score (nSPS) is 16.2. The molecule has 1 amide bonds. The first kappa shape index (κ1) is 14.1. The molecule has 0 saturated heterocycles. The topological polar surface area (TPSA) is 66.8 Å². The van der Waals surface area contributed by atoms with Crippen LogP contribution in [0.25, 0.3) is 0 Å². The Hall–Kier alpha value is -2.82. The summed E-state index contributed by atoms with van der Waals surface area (Å²) < 4.78 is 5.21. The Morgan fingerprint density at radius 3 is 2.55 bits per heavy atom. The Bertz CT molecular complexity index is 741. The van der Waals surface area contributed by atoms with Gasteiger partial charge in [0.05, 0.1) is 12.7 Å². The average Bonchev–Trinajstić information content (AvgIpc) is 2.94. The second-order valence-electron chi connectivity index (χ2n) is 5.06. The van der Waals surface area contributed by atoms with Gasteiger partial charge in [0.25, 0.3) is 5.91 Å². The van der Waals surface area contributed by atoms with Gasteiger partial charge in [-0.05, 0) is 23.8 Å². The largest absolute Gasteiger partial charge is 0.496 e. The second kappa shape index (κ2) is 5.52. The number of anilines is 1. The number of carboxylic acid groups (broad SMARTS) is 1. The third kappa shape index (κ3) is 2.20. The van der Waals surface area contributed by atoms with Crippen molar-refractivity contribution in [3.8, 4) is 5.75 Å². The Morgan fingerprint density at radius 2 is 1.82 bits per heavy atom. The average molecular weight is 297 g/mol. The van der Waals surface area contributed by atoms with Crippen LogP contribution >= 0.6 is 0 Å². The van der Waals surface area contributed by atoms with Gasteiger partial charge in [-0.2, -0.15) is 0 Å². The zero-order valence-corrected chi connectivity index (χ0v) is 12.0. The van der Waals surface area contributed by atoms with Crippen LogP contribution in [0.2, 0.25) is 0 Å². The van der Waals surface area contributed by atoms with Crippen molar-refractivity contribution in [3.63, 3.8) is 0 Å². The Labute approximate surface area is 127 Å². The van der Waals surface area contributed by atoms with Crippen LogP contribution in [0.4, 0.5) is 5.69 Å². The molecule has 3 rings (SSSR count). The summed E-state index contributed by atoms with van der Waals surface area (Å²) in [6.07, 6.45) is 0.312. The number of carbonyl (C=O) groups is 2. The van der Waals surface area contributed by atoms with Crippen LogP contribution in [-0.4, -0.2) is 30.1 Å². The number of carbonyl (C=O) groups excluding carboxylic acids is 1. The number of para-hydroxylation sites is 2. The van der Waals surface area contributed by atoms with Gasteiger partial charge in [0.2, 0.25) is 0 Å². The molecule has 1 aliphatic heterocycles. The predicted molar refractivity (Wildman–Crippen MR) is 81.4 cm³/mol. The molecule has 5 heteroatoms. The number of carboxylic acids is 1. The van der Waals surface area contributed by atoms with Crippen LogP contribution in [0, 0.1) is 0 Å². The van der Waals surface area contributed by atoms with Crippen LogP contribution in [-0.2, 0) is 11.2 Å². The highest BCUT2D eigenvalue weighted by Gasteiger charge is 2.39. The molecule has 0 fully saturated rings. The van der Waals surface area contributed by atoms with Crippen molar-refractivity contribution in [2.75, 3.05) is 12.0 Å². The molecule has 1 heterocycles. The summed E-state index contributed by atoms with van der Waals surface area (Å²) in [5.41, 5.74) is 1.86. The summed E-state index contributed by atoms with van der Waals surface area (Å²) in [5, 5.41) is 9.45. The number of hydrogen-bond acceptors (Lipinski definition) is 3. The van der Waals surface area contributed by atoms with Crippen molar-refractivity contribution in [2.24, 2.45) is 0 Å².